The van der Waals surface area contributed by atoms with Crippen LogP contribution in [0.2, 0.25) is 0 Å². The summed E-state index contributed by atoms with van der Waals surface area (Å²) >= 11 is 0. The topological polar surface area (TPSA) is 60.4 Å². The van der Waals surface area contributed by atoms with Gasteiger partial charge in [0.2, 0.25) is 0 Å². The van der Waals surface area contributed by atoms with Crippen molar-refractivity contribution in [3.8, 4) is 0 Å². The molecule has 0 aromatic heterocycles. The van der Waals surface area contributed by atoms with Gasteiger partial charge < -0.3 is 4.74 Å². The minimum absolute atomic E-state index is 0.119. The fraction of sp³-hybridized carbons (Fsp3) is 0.750. The molecule has 0 N–H and O–H groups in total. The van der Waals surface area contributed by atoms with Gasteiger partial charge in [-0.05, 0) is 18.8 Å². The smallest absolute Gasteiger partial charge is 0.316 e. The van der Waals surface area contributed by atoms with Crippen molar-refractivity contribution < 1.29 is 19.1 Å². The van der Waals surface area contributed by atoms with Crippen molar-refractivity contribution in [1.82, 2.24) is 0 Å². The molecule has 0 bridgehead atoms. The van der Waals surface area contributed by atoms with E-state index in [-0.39, 0.29) is 17.5 Å². The van der Waals surface area contributed by atoms with Crippen molar-refractivity contribution in [1.29, 1.82) is 0 Å². The minimum Gasteiger partial charge on any atom is -0.468 e. The second kappa shape index (κ2) is 5.77. The van der Waals surface area contributed by atoms with Crippen LogP contribution in [0, 0.1) is 11.8 Å². The largest absolute Gasteiger partial charge is 0.468 e. The number of rotatable bonds is 4. The molecule has 1 aliphatic carbocycles. The highest BCUT2D eigenvalue weighted by Gasteiger charge is 2.36. The molecule has 0 amide bonds. The van der Waals surface area contributed by atoms with E-state index in [1.54, 1.807) is 6.92 Å². The van der Waals surface area contributed by atoms with Crippen LogP contribution in [0.25, 0.3) is 0 Å². The first kappa shape index (κ1) is 12.9. The predicted octanol–water partition coefficient (Wildman–Crippen LogP) is 1.51. The Hall–Kier alpha value is -1.19. The van der Waals surface area contributed by atoms with Crippen molar-refractivity contribution in [3.63, 3.8) is 0 Å². The van der Waals surface area contributed by atoms with E-state index in [1.165, 1.54) is 7.11 Å². The standard InChI is InChI=1S/C12H18O4/c1-3-10(14)11(12(15)16-2)8-5-4-6-9(13)7-8/h8,11H,3-7H2,1-2H3/t8-,11?/m0/s1. The monoisotopic (exact) mass is 226 g/mol. The normalized spacial score (nSPS) is 22.6. The second-order valence-electron chi connectivity index (χ2n) is 4.22. The number of Topliss-reactive ketones (excluding diaryl/α,β-unsaturated/α-hetero) is 2. The van der Waals surface area contributed by atoms with Crippen molar-refractivity contribution in [3.05, 3.63) is 0 Å². The molecule has 0 aromatic carbocycles. The van der Waals surface area contributed by atoms with Gasteiger partial charge in [0.05, 0.1) is 7.11 Å². The van der Waals surface area contributed by atoms with Crippen LogP contribution >= 0.6 is 0 Å². The summed E-state index contributed by atoms with van der Waals surface area (Å²) in [6.07, 6.45) is 2.76. The number of hydrogen-bond donors (Lipinski definition) is 0. The van der Waals surface area contributed by atoms with E-state index in [9.17, 15) is 14.4 Å². The summed E-state index contributed by atoms with van der Waals surface area (Å²) in [5.74, 6) is -1.35. The first-order valence-electron chi connectivity index (χ1n) is 5.72. The molecule has 0 spiro atoms. The third kappa shape index (κ3) is 2.90. The van der Waals surface area contributed by atoms with E-state index in [0.29, 0.717) is 19.3 Å². The number of methoxy groups -OCH3 is 1. The van der Waals surface area contributed by atoms with Gasteiger partial charge in [-0.2, -0.15) is 0 Å². The molecule has 0 aliphatic heterocycles. The third-order valence-electron chi connectivity index (χ3n) is 3.14. The minimum atomic E-state index is -0.737. The molecule has 0 aromatic rings. The zero-order valence-electron chi connectivity index (χ0n) is 9.82. The van der Waals surface area contributed by atoms with Crippen molar-refractivity contribution >= 4 is 17.5 Å². The molecule has 4 heteroatoms. The summed E-state index contributed by atoms with van der Waals surface area (Å²) in [4.78, 5) is 34.6. The van der Waals surface area contributed by atoms with Gasteiger partial charge >= 0.3 is 5.97 Å². The maximum absolute atomic E-state index is 11.7. The second-order valence-corrected chi connectivity index (χ2v) is 4.22. The molecule has 4 nitrogen and oxygen atoms in total. The molecule has 90 valence electrons. The Morgan fingerprint density at radius 1 is 1.50 bits per heavy atom. The Labute approximate surface area is 95.3 Å². The molecule has 2 atom stereocenters. The zero-order chi connectivity index (χ0) is 12.1. The van der Waals surface area contributed by atoms with Gasteiger partial charge in [0, 0.05) is 19.3 Å². The summed E-state index contributed by atoms with van der Waals surface area (Å²) in [5.41, 5.74) is 0. The Bertz CT molecular complexity index is 279. The van der Waals surface area contributed by atoms with Gasteiger partial charge in [-0.15, -0.1) is 0 Å². The van der Waals surface area contributed by atoms with Crippen LogP contribution in [0.4, 0.5) is 0 Å². The van der Waals surface area contributed by atoms with Crippen LogP contribution in [0.15, 0.2) is 0 Å². The number of carbonyl (C=O) groups is 3. The van der Waals surface area contributed by atoms with Crippen molar-refractivity contribution in [2.24, 2.45) is 11.8 Å². The Morgan fingerprint density at radius 2 is 2.19 bits per heavy atom. The highest BCUT2D eigenvalue weighted by Crippen LogP contribution is 2.30. The third-order valence-corrected chi connectivity index (χ3v) is 3.14. The lowest BCUT2D eigenvalue weighted by Crippen LogP contribution is -2.35. The summed E-state index contributed by atoms with van der Waals surface area (Å²) < 4.78 is 4.65. The van der Waals surface area contributed by atoms with E-state index in [1.807, 2.05) is 0 Å². The molecule has 0 heterocycles. The molecule has 1 rings (SSSR count). The fourth-order valence-electron chi connectivity index (χ4n) is 2.28. The number of carbonyl (C=O) groups excluding carboxylic acids is 3. The molecule has 1 fully saturated rings. The van der Waals surface area contributed by atoms with E-state index in [4.69, 9.17) is 0 Å². The summed E-state index contributed by atoms with van der Waals surface area (Å²) in [6, 6.07) is 0. The van der Waals surface area contributed by atoms with E-state index < -0.39 is 11.9 Å². The SMILES string of the molecule is CCC(=O)C(C(=O)OC)[C@H]1CCCC(=O)C1. The van der Waals surface area contributed by atoms with E-state index >= 15 is 0 Å². The van der Waals surface area contributed by atoms with Gasteiger partial charge in [0.15, 0.2) is 0 Å². The quantitative estimate of drug-likeness (QED) is 0.538. The molecule has 1 unspecified atom stereocenters. The van der Waals surface area contributed by atoms with Gasteiger partial charge in [0.1, 0.15) is 17.5 Å². The first-order valence-corrected chi connectivity index (χ1v) is 5.72. The molecular weight excluding hydrogens is 208 g/mol. The molecule has 1 aliphatic rings. The predicted molar refractivity (Wildman–Crippen MR) is 57.8 cm³/mol. The van der Waals surface area contributed by atoms with Crippen LogP contribution in [0.5, 0.6) is 0 Å². The number of ether oxygens (including phenoxy) is 1. The van der Waals surface area contributed by atoms with Crippen LogP contribution in [0.1, 0.15) is 39.0 Å². The molecule has 1 saturated carbocycles. The van der Waals surface area contributed by atoms with Crippen LogP contribution in [0.3, 0.4) is 0 Å². The Balaban J connectivity index is 2.78. The molecule has 0 radical (unpaired) electrons. The molecule has 16 heavy (non-hydrogen) atoms. The van der Waals surface area contributed by atoms with Gasteiger partial charge in [-0.1, -0.05) is 6.92 Å². The lowest BCUT2D eigenvalue weighted by atomic mass is 9.77. The first-order chi connectivity index (χ1) is 7.60. The Morgan fingerprint density at radius 3 is 2.69 bits per heavy atom. The average Bonchev–Trinajstić information content (AvgIpc) is 2.29. The average molecular weight is 226 g/mol. The lowest BCUT2D eigenvalue weighted by molar-refractivity contribution is -0.152. The van der Waals surface area contributed by atoms with Gasteiger partial charge in [-0.3, -0.25) is 14.4 Å². The van der Waals surface area contributed by atoms with Crippen molar-refractivity contribution in [2.75, 3.05) is 7.11 Å². The zero-order valence-corrected chi connectivity index (χ0v) is 9.82. The fourth-order valence-corrected chi connectivity index (χ4v) is 2.28. The summed E-state index contributed by atoms with van der Waals surface area (Å²) in [7, 11) is 1.28. The van der Waals surface area contributed by atoms with E-state index in [0.717, 1.165) is 12.8 Å². The lowest BCUT2D eigenvalue weighted by Gasteiger charge is -2.26. The van der Waals surface area contributed by atoms with Gasteiger partial charge in [-0.25, -0.2) is 0 Å². The highest BCUT2D eigenvalue weighted by molar-refractivity contribution is 5.99. The maximum Gasteiger partial charge on any atom is 0.316 e. The van der Waals surface area contributed by atoms with Crippen molar-refractivity contribution in [2.45, 2.75) is 39.0 Å². The maximum atomic E-state index is 11.7. The molecule has 0 saturated heterocycles. The number of ketones is 2. The summed E-state index contributed by atoms with van der Waals surface area (Å²) in [6.45, 7) is 1.73. The van der Waals surface area contributed by atoms with Crippen LogP contribution in [-0.4, -0.2) is 24.6 Å². The van der Waals surface area contributed by atoms with E-state index in [2.05, 4.69) is 4.74 Å². The number of hydrogen-bond acceptors (Lipinski definition) is 4. The molecular formula is C12H18O4. The van der Waals surface area contributed by atoms with Gasteiger partial charge in [0.25, 0.3) is 0 Å². The van der Waals surface area contributed by atoms with Crippen LogP contribution < -0.4 is 0 Å². The summed E-state index contributed by atoms with van der Waals surface area (Å²) in [5, 5.41) is 0. The Kier molecular flexibility index (Phi) is 4.65. The highest BCUT2D eigenvalue weighted by atomic mass is 16.5. The number of esters is 1. The van der Waals surface area contributed by atoms with Crippen LogP contribution in [-0.2, 0) is 19.1 Å².